The standard InChI is InChI=1S/C10H21NO4/c1-3-4-5-14-6-7-15-9(12)10(2,13)8-11/h13H,3-8,11H2,1-2H3. The van der Waals surface area contributed by atoms with Crippen LogP contribution in [-0.4, -0.2) is 43.0 Å². The van der Waals surface area contributed by atoms with Crippen LogP contribution in [0.4, 0.5) is 0 Å². The molecule has 0 heterocycles. The quantitative estimate of drug-likeness (QED) is 0.445. The van der Waals surface area contributed by atoms with Gasteiger partial charge in [-0.1, -0.05) is 13.3 Å². The SMILES string of the molecule is CCCCOCCOC(=O)C(C)(O)CN. The molecule has 1 unspecified atom stereocenters. The molecule has 0 bridgehead atoms. The van der Waals surface area contributed by atoms with Crippen LogP contribution in [0.15, 0.2) is 0 Å². The number of hydrogen-bond acceptors (Lipinski definition) is 5. The molecule has 3 N–H and O–H groups in total. The lowest BCUT2D eigenvalue weighted by Gasteiger charge is -2.18. The first-order valence-corrected chi connectivity index (χ1v) is 5.22. The summed E-state index contributed by atoms with van der Waals surface area (Å²) in [4.78, 5) is 11.2. The molecule has 0 aliphatic rings. The van der Waals surface area contributed by atoms with Crippen molar-refractivity contribution in [2.75, 3.05) is 26.4 Å². The van der Waals surface area contributed by atoms with Gasteiger partial charge in [-0.3, -0.25) is 0 Å². The highest BCUT2D eigenvalue weighted by atomic mass is 16.6. The number of aliphatic hydroxyl groups is 1. The number of esters is 1. The van der Waals surface area contributed by atoms with Crippen LogP contribution in [0.2, 0.25) is 0 Å². The van der Waals surface area contributed by atoms with E-state index in [1.54, 1.807) is 0 Å². The van der Waals surface area contributed by atoms with Crippen LogP contribution in [0, 0.1) is 0 Å². The number of unbranched alkanes of at least 4 members (excludes halogenated alkanes) is 1. The molecule has 0 radical (unpaired) electrons. The van der Waals surface area contributed by atoms with E-state index < -0.39 is 11.6 Å². The van der Waals surface area contributed by atoms with E-state index in [2.05, 4.69) is 6.92 Å². The van der Waals surface area contributed by atoms with Crippen molar-refractivity contribution in [3.05, 3.63) is 0 Å². The predicted octanol–water partition coefficient (Wildman–Crippen LogP) is 0.0560. The molecule has 0 saturated carbocycles. The van der Waals surface area contributed by atoms with Gasteiger partial charge in [-0.05, 0) is 13.3 Å². The Kier molecular flexibility index (Phi) is 7.29. The van der Waals surface area contributed by atoms with E-state index in [1.807, 2.05) is 0 Å². The smallest absolute Gasteiger partial charge is 0.339 e. The second-order valence-corrected chi connectivity index (χ2v) is 3.58. The van der Waals surface area contributed by atoms with E-state index in [0.29, 0.717) is 13.2 Å². The average Bonchev–Trinajstić information content (AvgIpc) is 2.22. The Morgan fingerprint density at radius 1 is 1.40 bits per heavy atom. The van der Waals surface area contributed by atoms with Crippen molar-refractivity contribution in [1.29, 1.82) is 0 Å². The molecule has 0 aromatic heterocycles. The fourth-order valence-corrected chi connectivity index (χ4v) is 0.781. The van der Waals surface area contributed by atoms with Gasteiger partial charge in [-0.2, -0.15) is 0 Å². The van der Waals surface area contributed by atoms with Gasteiger partial charge >= 0.3 is 5.97 Å². The third-order valence-electron chi connectivity index (χ3n) is 1.94. The van der Waals surface area contributed by atoms with E-state index in [0.717, 1.165) is 12.8 Å². The van der Waals surface area contributed by atoms with Crippen molar-refractivity contribution in [2.24, 2.45) is 5.73 Å². The van der Waals surface area contributed by atoms with Crippen molar-refractivity contribution < 1.29 is 19.4 Å². The van der Waals surface area contributed by atoms with Gasteiger partial charge in [0.15, 0.2) is 5.60 Å². The zero-order valence-corrected chi connectivity index (χ0v) is 9.49. The van der Waals surface area contributed by atoms with Crippen LogP contribution in [0.1, 0.15) is 26.7 Å². The summed E-state index contributed by atoms with van der Waals surface area (Å²) in [5.74, 6) is -0.705. The molecule has 0 spiro atoms. The second-order valence-electron chi connectivity index (χ2n) is 3.58. The summed E-state index contributed by atoms with van der Waals surface area (Å²) in [7, 11) is 0. The Labute approximate surface area is 90.5 Å². The van der Waals surface area contributed by atoms with E-state index in [4.69, 9.17) is 15.2 Å². The van der Waals surface area contributed by atoms with Gasteiger partial charge in [0, 0.05) is 13.2 Å². The predicted molar refractivity (Wildman–Crippen MR) is 56.4 cm³/mol. The summed E-state index contributed by atoms with van der Waals surface area (Å²) in [5.41, 5.74) is 3.60. The first-order valence-electron chi connectivity index (χ1n) is 5.22. The van der Waals surface area contributed by atoms with Gasteiger partial charge in [-0.15, -0.1) is 0 Å². The lowest BCUT2D eigenvalue weighted by molar-refractivity contribution is -0.164. The zero-order valence-electron chi connectivity index (χ0n) is 9.49. The van der Waals surface area contributed by atoms with Crippen molar-refractivity contribution in [1.82, 2.24) is 0 Å². The number of hydrogen-bond donors (Lipinski definition) is 2. The molecular formula is C10H21NO4. The van der Waals surface area contributed by atoms with Crippen molar-refractivity contribution in [2.45, 2.75) is 32.3 Å². The van der Waals surface area contributed by atoms with Gasteiger partial charge in [0.2, 0.25) is 0 Å². The lowest BCUT2D eigenvalue weighted by atomic mass is 10.1. The maximum absolute atomic E-state index is 11.2. The Bertz CT molecular complexity index is 182. The monoisotopic (exact) mass is 219 g/mol. The van der Waals surface area contributed by atoms with E-state index in [-0.39, 0.29) is 13.2 Å². The molecule has 0 aliphatic carbocycles. The third kappa shape index (κ3) is 6.43. The van der Waals surface area contributed by atoms with E-state index in [9.17, 15) is 9.90 Å². The minimum Gasteiger partial charge on any atom is -0.461 e. The Morgan fingerprint density at radius 3 is 2.60 bits per heavy atom. The minimum atomic E-state index is -1.59. The van der Waals surface area contributed by atoms with Gasteiger partial charge in [-0.25, -0.2) is 4.79 Å². The minimum absolute atomic E-state index is 0.150. The summed E-state index contributed by atoms with van der Waals surface area (Å²) in [5, 5.41) is 9.39. The summed E-state index contributed by atoms with van der Waals surface area (Å²) < 4.78 is 9.96. The lowest BCUT2D eigenvalue weighted by Crippen LogP contribution is -2.44. The normalized spacial score (nSPS) is 14.7. The highest BCUT2D eigenvalue weighted by Crippen LogP contribution is 2.03. The van der Waals surface area contributed by atoms with Gasteiger partial charge in [0.25, 0.3) is 0 Å². The van der Waals surface area contributed by atoms with Gasteiger partial charge < -0.3 is 20.3 Å². The van der Waals surface area contributed by atoms with Crippen LogP contribution < -0.4 is 5.73 Å². The third-order valence-corrected chi connectivity index (χ3v) is 1.94. The molecule has 0 aliphatic heterocycles. The van der Waals surface area contributed by atoms with Crippen LogP contribution in [-0.2, 0) is 14.3 Å². The van der Waals surface area contributed by atoms with Crippen molar-refractivity contribution in [3.63, 3.8) is 0 Å². The molecule has 0 saturated heterocycles. The molecule has 0 rings (SSSR count). The van der Waals surface area contributed by atoms with Crippen molar-refractivity contribution >= 4 is 5.97 Å². The fourth-order valence-electron chi connectivity index (χ4n) is 0.781. The molecule has 5 heteroatoms. The number of ether oxygens (including phenoxy) is 2. The highest BCUT2D eigenvalue weighted by Gasteiger charge is 2.29. The van der Waals surface area contributed by atoms with Crippen LogP contribution >= 0.6 is 0 Å². The summed E-state index contributed by atoms with van der Waals surface area (Å²) in [6.45, 7) is 4.42. The number of carbonyl (C=O) groups excluding carboxylic acids is 1. The average molecular weight is 219 g/mol. The number of nitrogens with two attached hydrogens (primary N) is 1. The maximum Gasteiger partial charge on any atom is 0.339 e. The van der Waals surface area contributed by atoms with Gasteiger partial charge in [0.1, 0.15) is 6.61 Å². The molecule has 0 aromatic rings. The van der Waals surface area contributed by atoms with E-state index >= 15 is 0 Å². The molecule has 0 fully saturated rings. The zero-order chi connectivity index (χ0) is 11.7. The Morgan fingerprint density at radius 2 is 2.07 bits per heavy atom. The maximum atomic E-state index is 11.2. The first kappa shape index (κ1) is 14.3. The molecule has 1 atom stereocenters. The largest absolute Gasteiger partial charge is 0.461 e. The van der Waals surface area contributed by atoms with Crippen molar-refractivity contribution in [3.8, 4) is 0 Å². The highest BCUT2D eigenvalue weighted by molar-refractivity contribution is 5.78. The fraction of sp³-hybridized carbons (Fsp3) is 0.900. The molecule has 15 heavy (non-hydrogen) atoms. The molecule has 0 amide bonds. The van der Waals surface area contributed by atoms with Gasteiger partial charge in [0.05, 0.1) is 6.61 Å². The summed E-state index contributed by atoms with van der Waals surface area (Å²) in [6, 6.07) is 0. The Balaban J connectivity index is 3.47. The molecule has 5 nitrogen and oxygen atoms in total. The summed E-state index contributed by atoms with van der Waals surface area (Å²) in [6.07, 6.45) is 2.07. The Hall–Kier alpha value is -0.650. The topological polar surface area (TPSA) is 81.8 Å². The first-order chi connectivity index (χ1) is 7.04. The number of carbonyl (C=O) groups is 1. The van der Waals surface area contributed by atoms with E-state index in [1.165, 1.54) is 6.92 Å². The molecular weight excluding hydrogens is 198 g/mol. The summed E-state index contributed by atoms with van der Waals surface area (Å²) >= 11 is 0. The van der Waals surface area contributed by atoms with Crippen LogP contribution in [0.25, 0.3) is 0 Å². The molecule has 0 aromatic carbocycles. The van der Waals surface area contributed by atoms with Crippen LogP contribution in [0.5, 0.6) is 0 Å². The van der Waals surface area contributed by atoms with Crippen LogP contribution in [0.3, 0.4) is 0 Å². The number of rotatable bonds is 8. The second kappa shape index (κ2) is 7.62. The molecule has 90 valence electrons.